The largest absolute Gasteiger partial charge is 0.392 e. The highest BCUT2D eigenvalue weighted by Crippen LogP contribution is 2.18. The number of nitrogens with zero attached hydrogens (tertiary/aromatic N) is 1. The van der Waals surface area contributed by atoms with E-state index in [0.717, 1.165) is 37.9 Å². The van der Waals surface area contributed by atoms with Crippen molar-refractivity contribution in [2.24, 2.45) is 5.92 Å². The fourth-order valence-corrected chi connectivity index (χ4v) is 2.88. The number of aryl methyl sites for hydroxylation is 1. The minimum atomic E-state index is -0.281. The first kappa shape index (κ1) is 17.9. The van der Waals surface area contributed by atoms with Crippen molar-refractivity contribution in [1.29, 1.82) is 0 Å². The fraction of sp³-hybridized carbons (Fsp3) is 0.611. The molecular weight excluding hydrogens is 295 g/mol. The zero-order chi connectivity index (χ0) is 16.8. The van der Waals surface area contributed by atoms with Gasteiger partial charge in [-0.3, -0.25) is 4.79 Å². The van der Waals surface area contributed by atoms with Gasteiger partial charge in [0, 0.05) is 19.0 Å². The molecule has 0 aromatic heterocycles. The Hall–Kier alpha value is -1.46. The summed E-state index contributed by atoms with van der Waals surface area (Å²) in [5, 5.41) is 12.6. The van der Waals surface area contributed by atoms with Crippen LogP contribution in [-0.2, 0) is 11.3 Å². The van der Waals surface area contributed by atoms with Gasteiger partial charge in [-0.2, -0.15) is 0 Å². The Balaban J connectivity index is 1.75. The fourth-order valence-electron chi connectivity index (χ4n) is 2.88. The van der Waals surface area contributed by atoms with E-state index in [1.807, 2.05) is 13.0 Å². The molecule has 0 saturated carbocycles. The lowest BCUT2D eigenvalue weighted by molar-refractivity contribution is -0.126. The maximum atomic E-state index is 13.5. The molecule has 2 rings (SSSR count). The molecule has 5 heteroatoms. The first-order valence-electron chi connectivity index (χ1n) is 8.42. The molecule has 0 spiro atoms. The minimum absolute atomic E-state index is 0.0142. The van der Waals surface area contributed by atoms with E-state index in [0.29, 0.717) is 18.7 Å². The Kier molecular flexibility index (Phi) is 6.54. The highest BCUT2D eigenvalue weighted by Gasteiger charge is 2.25. The predicted octanol–water partition coefficient (Wildman–Crippen LogP) is 2.23. The number of carbonyl (C=O) groups excluding carboxylic acids is 1. The summed E-state index contributed by atoms with van der Waals surface area (Å²) in [6.07, 6.45) is 2.10. The number of halogens is 1. The third-order valence-electron chi connectivity index (χ3n) is 4.60. The monoisotopic (exact) mass is 322 g/mol. The molecule has 1 heterocycles. The van der Waals surface area contributed by atoms with E-state index in [9.17, 15) is 14.3 Å². The number of benzene rings is 1. The lowest BCUT2D eigenvalue weighted by atomic mass is 9.95. The van der Waals surface area contributed by atoms with Gasteiger partial charge in [0.15, 0.2) is 0 Å². The standard InChI is InChI=1S/C18H27FN2O2/c1-3-16(22)12-21-8-6-15(7-9-21)18(23)20-11-14-5-4-13(2)17(19)10-14/h4-5,10,15-16,22H,3,6-9,11-12H2,1-2H3,(H,20,23)/t16-/m1/s1. The molecule has 1 aromatic rings. The molecule has 1 aromatic carbocycles. The van der Waals surface area contributed by atoms with Crippen LogP contribution >= 0.6 is 0 Å². The SMILES string of the molecule is CC[C@@H](O)CN1CCC(C(=O)NCc2ccc(C)c(F)c2)CC1. The zero-order valence-electron chi connectivity index (χ0n) is 14.0. The van der Waals surface area contributed by atoms with Gasteiger partial charge in [-0.05, 0) is 56.5 Å². The van der Waals surface area contributed by atoms with Crippen LogP contribution in [0.1, 0.15) is 37.3 Å². The van der Waals surface area contributed by atoms with Crippen molar-refractivity contribution in [2.75, 3.05) is 19.6 Å². The molecule has 128 valence electrons. The van der Waals surface area contributed by atoms with Crippen LogP contribution in [-0.4, -0.2) is 41.7 Å². The normalized spacial score (nSPS) is 17.9. The highest BCUT2D eigenvalue weighted by molar-refractivity contribution is 5.78. The molecular formula is C18H27FN2O2. The van der Waals surface area contributed by atoms with Gasteiger partial charge in [0.25, 0.3) is 0 Å². The van der Waals surface area contributed by atoms with Gasteiger partial charge in [0.1, 0.15) is 5.82 Å². The van der Waals surface area contributed by atoms with Crippen molar-refractivity contribution in [3.8, 4) is 0 Å². The number of aliphatic hydroxyl groups is 1. The van der Waals surface area contributed by atoms with Crippen LogP contribution in [0, 0.1) is 18.7 Å². The molecule has 0 radical (unpaired) electrons. The summed E-state index contributed by atoms with van der Waals surface area (Å²) in [5.74, 6) is -0.179. The Morgan fingerprint density at radius 3 is 2.74 bits per heavy atom. The number of amides is 1. The topological polar surface area (TPSA) is 52.6 Å². The van der Waals surface area contributed by atoms with Crippen molar-refractivity contribution in [3.63, 3.8) is 0 Å². The summed E-state index contributed by atoms with van der Waals surface area (Å²) in [6.45, 7) is 6.43. The van der Waals surface area contributed by atoms with Crippen LogP contribution in [0.25, 0.3) is 0 Å². The molecule has 23 heavy (non-hydrogen) atoms. The van der Waals surface area contributed by atoms with Crippen molar-refractivity contribution in [2.45, 2.75) is 45.8 Å². The molecule has 4 nitrogen and oxygen atoms in total. The van der Waals surface area contributed by atoms with Crippen LogP contribution in [0.5, 0.6) is 0 Å². The average Bonchev–Trinajstić information content (AvgIpc) is 2.56. The van der Waals surface area contributed by atoms with Crippen molar-refractivity contribution in [3.05, 3.63) is 35.1 Å². The van der Waals surface area contributed by atoms with Gasteiger partial charge in [0.05, 0.1) is 6.10 Å². The molecule has 1 amide bonds. The van der Waals surface area contributed by atoms with E-state index in [1.54, 1.807) is 13.0 Å². The molecule has 1 saturated heterocycles. The summed E-state index contributed by atoms with van der Waals surface area (Å²) < 4.78 is 13.5. The number of β-amino-alcohol motifs (C(OH)–C–C–N with tert-alkyl or cyclic N) is 1. The quantitative estimate of drug-likeness (QED) is 0.844. The van der Waals surface area contributed by atoms with Gasteiger partial charge in [-0.25, -0.2) is 4.39 Å². The number of likely N-dealkylation sites (tertiary alicyclic amines) is 1. The van der Waals surface area contributed by atoms with Crippen LogP contribution < -0.4 is 5.32 Å². The number of rotatable bonds is 6. The lowest BCUT2D eigenvalue weighted by Crippen LogP contribution is -2.42. The molecule has 1 fully saturated rings. The van der Waals surface area contributed by atoms with E-state index in [4.69, 9.17) is 0 Å². The average molecular weight is 322 g/mol. The smallest absolute Gasteiger partial charge is 0.223 e. The maximum absolute atomic E-state index is 13.5. The molecule has 2 N–H and O–H groups in total. The first-order valence-corrected chi connectivity index (χ1v) is 8.42. The Morgan fingerprint density at radius 2 is 2.13 bits per heavy atom. The highest BCUT2D eigenvalue weighted by atomic mass is 19.1. The number of hydrogen-bond donors (Lipinski definition) is 2. The van der Waals surface area contributed by atoms with E-state index < -0.39 is 0 Å². The number of carbonyl (C=O) groups is 1. The predicted molar refractivity (Wildman–Crippen MR) is 88.4 cm³/mol. The third kappa shape index (κ3) is 5.29. The second-order valence-electron chi connectivity index (χ2n) is 6.44. The number of aliphatic hydroxyl groups excluding tert-OH is 1. The Morgan fingerprint density at radius 1 is 1.43 bits per heavy atom. The molecule has 1 aliphatic rings. The second kappa shape index (κ2) is 8.41. The van der Waals surface area contributed by atoms with Gasteiger partial charge in [0.2, 0.25) is 5.91 Å². The van der Waals surface area contributed by atoms with Crippen LogP contribution in [0.2, 0.25) is 0 Å². The van der Waals surface area contributed by atoms with Crippen LogP contribution in [0.4, 0.5) is 4.39 Å². The maximum Gasteiger partial charge on any atom is 0.223 e. The number of piperidine rings is 1. The summed E-state index contributed by atoms with van der Waals surface area (Å²) in [4.78, 5) is 14.5. The van der Waals surface area contributed by atoms with Crippen molar-refractivity contribution >= 4 is 5.91 Å². The summed E-state index contributed by atoms with van der Waals surface area (Å²) in [5.41, 5.74) is 1.40. The minimum Gasteiger partial charge on any atom is -0.392 e. The summed E-state index contributed by atoms with van der Waals surface area (Å²) in [6, 6.07) is 5.05. The van der Waals surface area contributed by atoms with Gasteiger partial charge < -0.3 is 15.3 Å². The molecule has 0 aliphatic carbocycles. The molecule has 1 atom stereocenters. The van der Waals surface area contributed by atoms with Gasteiger partial charge >= 0.3 is 0 Å². The Labute approximate surface area is 137 Å². The summed E-state index contributed by atoms with van der Waals surface area (Å²) in [7, 11) is 0. The zero-order valence-corrected chi connectivity index (χ0v) is 14.0. The van der Waals surface area contributed by atoms with Crippen molar-refractivity contribution in [1.82, 2.24) is 10.2 Å². The van der Waals surface area contributed by atoms with E-state index in [-0.39, 0.29) is 23.7 Å². The summed E-state index contributed by atoms with van der Waals surface area (Å²) >= 11 is 0. The van der Waals surface area contributed by atoms with Crippen LogP contribution in [0.3, 0.4) is 0 Å². The van der Waals surface area contributed by atoms with Gasteiger partial charge in [-0.15, -0.1) is 0 Å². The van der Waals surface area contributed by atoms with Gasteiger partial charge in [-0.1, -0.05) is 19.1 Å². The second-order valence-corrected chi connectivity index (χ2v) is 6.44. The third-order valence-corrected chi connectivity index (χ3v) is 4.60. The Bertz CT molecular complexity index is 528. The van der Waals surface area contributed by atoms with Crippen LogP contribution in [0.15, 0.2) is 18.2 Å². The lowest BCUT2D eigenvalue weighted by Gasteiger charge is -2.32. The number of hydrogen-bond acceptors (Lipinski definition) is 3. The molecule has 1 aliphatic heterocycles. The number of nitrogens with one attached hydrogen (secondary N) is 1. The van der Waals surface area contributed by atoms with Crippen molar-refractivity contribution < 1.29 is 14.3 Å². The molecule has 0 bridgehead atoms. The first-order chi connectivity index (χ1) is 11.0. The van der Waals surface area contributed by atoms with E-state index >= 15 is 0 Å². The molecule has 0 unspecified atom stereocenters. The van der Waals surface area contributed by atoms with E-state index in [2.05, 4.69) is 10.2 Å². The van der Waals surface area contributed by atoms with E-state index in [1.165, 1.54) is 6.07 Å².